The topological polar surface area (TPSA) is 120 Å². The second-order valence-electron chi connectivity index (χ2n) is 6.80. The fraction of sp³-hybridized carbons (Fsp3) is 0.174. The van der Waals surface area contributed by atoms with Gasteiger partial charge in [-0.3, -0.25) is 9.52 Å². The van der Waals surface area contributed by atoms with Crippen LogP contribution in [0.25, 0.3) is 0 Å². The van der Waals surface area contributed by atoms with Crippen LogP contribution < -0.4 is 19.5 Å². The van der Waals surface area contributed by atoms with Crippen LogP contribution in [0.1, 0.15) is 22.8 Å². The van der Waals surface area contributed by atoms with Gasteiger partial charge in [0.05, 0.1) is 19.1 Å². The summed E-state index contributed by atoms with van der Waals surface area (Å²) in [5.74, 6) is 0.0281. The molecule has 0 spiro atoms. The van der Waals surface area contributed by atoms with Crippen LogP contribution in [0.3, 0.4) is 0 Å². The second-order valence-corrected chi connectivity index (χ2v) is 8.49. The number of benzene rings is 2. The number of allylic oxidation sites excluding steroid dienone is 1. The first-order valence-corrected chi connectivity index (χ1v) is 11.5. The Hall–Kier alpha value is -3.92. The molecule has 0 unspecified atom stereocenters. The number of aryl methyl sites for hydroxylation is 1. The van der Waals surface area contributed by atoms with E-state index in [2.05, 4.69) is 26.9 Å². The fourth-order valence-corrected chi connectivity index (χ4v) is 3.79. The first-order chi connectivity index (χ1) is 15.8. The number of sulfonamides is 1. The number of nitrogens with zero attached hydrogens (tertiary/aromatic N) is 2. The molecule has 0 atom stereocenters. The van der Waals surface area contributed by atoms with E-state index in [1.54, 1.807) is 24.3 Å². The van der Waals surface area contributed by atoms with Crippen molar-refractivity contribution in [1.82, 2.24) is 9.97 Å². The van der Waals surface area contributed by atoms with E-state index in [-0.39, 0.29) is 28.4 Å². The maximum Gasteiger partial charge on any atom is 0.321 e. The Morgan fingerprint density at radius 3 is 2.30 bits per heavy atom. The molecule has 2 aromatic carbocycles. The first-order valence-electron chi connectivity index (χ1n) is 10.0. The molecule has 1 heterocycles. The van der Waals surface area contributed by atoms with E-state index in [0.717, 1.165) is 12.0 Å². The van der Waals surface area contributed by atoms with Gasteiger partial charge in [0.1, 0.15) is 0 Å². The van der Waals surface area contributed by atoms with Gasteiger partial charge in [-0.25, -0.2) is 8.42 Å². The highest BCUT2D eigenvalue weighted by molar-refractivity contribution is 7.92. The van der Waals surface area contributed by atoms with Crippen molar-refractivity contribution in [3.05, 3.63) is 78.0 Å². The lowest BCUT2D eigenvalue weighted by molar-refractivity contribution is 0.104. The zero-order chi connectivity index (χ0) is 23.8. The Balaban J connectivity index is 1.65. The molecule has 0 fully saturated rings. The van der Waals surface area contributed by atoms with Gasteiger partial charge in [0.2, 0.25) is 5.88 Å². The van der Waals surface area contributed by atoms with E-state index in [1.807, 2.05) is 12.1 Å². The highest BCUT2D eigenvalue weighted by Gasteiger charge is 2.16. The number of anilines is 2. The SMILES string of the molecule is CCc1ccc(C(=O)C=CNc2ccc(S(=O)(=O)Nc3cc(OC)nc(OC)n3)cc2)cc1. The summed E-state index contributed by atoms with van der Waals surface area (Å²) < 4.78 is 37.7. The van der Waals surface area contributed by atoms with Crippen LogP contribution in [0.15, 0.2) is 71.8 Å². The van der Waals surface area contributed by atoms with E-state index in [0.29, 0.717) is 11.3 Å². The molecule has 10 heteroatoms. The van der Waals surface area contributed by atoms with Crippen LogP contribution >= 0.6 is 0 Å². The van der Waals surface area contributed by atoms with Gasteiger partial charge in [-0.05, 0) is 36.2 Å². The molecule has 3 aromatic rings. The van der Waals surface area contributed by atoms with Crippen molar-refractivity contribution in [3.8, 4) is 11.9 Å². The van der Waals surface area contributed by atoms with Gasteiger partial charge in [-0.15, -0.1) is 0 Å². The van der Waals surface area contributed by atoms with Crippen molar-refractivity contribution in [1.29, 1.82) is 0 Å². The molecule has 33 heavy (non-hydrogen) atoms. The summed E-state index contributed by atoms with van der Waals surface area (Å²) in [6.45, 7) is 2.05. The molecule has 2 N–H and O–H groups in total. The lowest BCUT2D eigenvalue weighted by Gasteiger charge is -2.10. The zero-order valence-electron chi connectivity index (χ0n) is 18.4. The smallest absolute Gasteiger partial charge is 0.321 e. The van der Waals surface area contributed by atoms with E-state index >= 15 is 0 Å². The Morgan fingerprint density at radius 2 is 1.70 bits per heavy atom. The van der Waals surface area contributed by atoms with Crippen LogP contribution in [0, 0.1) is 0 Å². The maximum atomic E-state index is 12.7. The number of rotatable bonds is 10. The molecule has 0 radical (unpaired) electrons. The quantitative estimate of drug-likeness (QED) is 0.342. The fourth-order valence-electron chi connectivity index (χ4n) is 2.79. The Morgan fingerprint density at radius 1 is 1.00 bits per heavy atom. The third-order valence-electron chi connectivity index (χ3n) is 4.61. The summed E-state index contributed by atoms with van der Waals surface area (Å²) in [4.78, 5) is 20.2. The number of ketones is 1. The molecule has 0 aliphatic heterocycles. The van der Waals surface area contributed by atoms with Gasteiger partial charge in [-0.2, -0.15) is 9.97 Å². The Kier molecular flexibility index (Phi) is 7.62. The summed E-state index contributed by atoms with van der Waals surface area (Å²) in [7, 11) is -1.14. The molecule has 9 nitrogen and oxygen atoms in total. The Labute approximate surface area is 192 Å². The van der Waals surface area contributed by atoms with Gasteiger partial charge < -0.3 is 14.8 Å². The Bertz CT molecular complexity index is 1220. The number of aromatic nitrogens is 2. The highest BCUT2D eigenvalue weighted by atomic mass is 32.2. The predicted octanol–water partition coefficient (Wildman–Crippen LogP) is 3.67. The molecule has 0 saturated heterocycles. The van der Waals surface area contributed by atoms with Crippen LogP contribution in [0.5, 0.6) is 11.9 Å². The number of carbonyl (C=O) groups is 1. The summed E-state index contributed by atoms with van der Waals surface area (Å²) in [5, 5.41) is 2.96. The van der Waals surface area contributed by atoms with E-state index in [4.69, 9.17) is 9.47 Å². The molecule has 0 bridgehead atoms. The standard InChI is InChI=1S/C23H24N4O5S/c1-4-16-5-7-17(8-6-16)20(28)13-14-24-18-9-11-19(12-10-18)33(29,30)27-21-15-22(31-2)26-23(25-21)32-3/h5-15,24H,4H2,1-3H3,(H,25,26,27). The average molecular weight is 469 g/mol. The van der Waals surface area contributed by atoms with Crippen LogP contribution in [-0.4, -0.2) is 38.4 Å². The molecule has 172 valence electrons. The van der Waals surface area contributed by atoms with Crippen molar-refractivity contribution < 1.29 is 22.7 Å². The molecule has 0 amide bonds. The van der Waals surface area contributed by atoms with Gasteiger partial charge >= 0.3 is 6.01 Å². The lowest BCUT2D eigenvalue weighted by Crippen LogP contribution is -2.14. The number of carbonyl (C=O) groups excluding carboxylic acids is 1. The van der Waals surface area contributed by atoms with E-state index in [1.165, 1.54) is 44.7 Å². The number of hydrogen-bond acceptors (Lipinski definition) is 8. The summed E-state index contributed by atoms with van der Waals surface area (Å²) in [5.41, 5.74) is 2.37. The monoisotopic (exact) mass is 468 g/mol. The number of hydrogen-bond donors (Lipinski definition) is 2. The van der Waals surface area contributed by atoms with E-state index in [9.17, 15) is 13.2 Å². The minimum atomic E-state index is -3.91. The molecule has 3 rings (SSSR count). The number of nitrogens with one attached hydrogen (secondary N) is 2. The summed E-state index contributed by atoms with van der Waals surface area (Å²) in [6, 6.07) is 14.8. The van der Waals surface area contributed by atoms with Crippen molar-refractivity contribution in [2.75, 3.05) is 24.3 Å². The number of ether oxygens (including phenoxy) is 2. The molecular weight excluding hydrogens is 444 g/mol. The van der Waals surface area contributed by atoms with Crippen LogP contribution in [0.2, 0.25) is 0 Å². The molecule has 1 aromatic heterocycles. The summed E-state index contributed by atoms with van der Waals surface area (Å²) >= 11 is 0. The zero-order valence-corrected chi connectivity index (χ0v) is 19.2. The van der Waals surface area contributed by atoms with Crippen molar-refractivity contribution in [2.24, 2.45) is 0 Å². The van der Waals surface area contributed by atoms with Gasteiger partial charge in [0.15, 0.2) is 11.6 Å². The minimum absolute atomic E-state index is 0.00863. The largest absolute Gasteiger partial charge is 0.481 e. The predicted molar refractivity (Wildman–Crippen MR) is 125 cm³/mol. The maximum absolute atomic E-state index is 12.7. The molecule has 0 saturated carbocycles. The first kappa shape index (κ1) is 23.7. The molecule has 0 aliphatic rings. The highest BCUT2D eigenvalue weighted by Crippen LogP contribution is 2.21. The number of methoxy groups -OCH3 is 2. The van der Waals surface area contributed by atoms with Gasteiger partial charge in [0, 0.05) is 29.6 Å². The van der Waals surface area contributed by atoms with Gasteiger partial charge in [0.25, 0.3) is 10.0 Å². The van der Waals surface area contributed by atoms with Crippen LogP contribution in [0.4, 0.5) is 11.5 Å². The van der Waals surface area contributed by atoms with Crippen LogP contribution in [-0.2, 0) is 16.4 Å². The normalized spacial score (nSPS) is 11.2. The van der Waals surface area contributed by atoms with E-state index < -0.39 is 10.0 Å². The lowest BCUT2D eigenvalue weighted by atomic mass is 10.1. The molecular formula is C23H24N4O5S. The average Bonchev–Trinajstić information content (AvgIpc) is 2.83. The van der Waals surface area contributed by atoms with Crippen molar-refractivity contribution in [2.45, 2.75) is 18.2 Å². The second kappa shape index (κ2) is 10.6. The van der Waals surface area contributed by atoms with Gasteiger partial charge in [-0.1, -0.05) is 31.2 Å². The third-order valence-corrected chi connectivity index (χ3v) is 5.98. The summed E-state index contributed by atoms with van der Waals surface area (Å²) in [6.07, 6.45) is 3.84. The minimum Gasteiger partial charge on any atom is -0.481 e. The molecule has 0 aliphatic carbocycles. The third kappa shape index (κ3) is 6.30. The van der Waals surface area contributed by atoms with Crippen molar-refractivity contribution in [3.63, 3.8) is 0 Å². The van der Waals surface area contributed by atoms with Crippen molar-refractivity contribution >= 4 is 27.3 Å².